The highest BCUT2D eigenvalue weighted by Gasteiger charge is 2.64. The van der Waals surface area contributed by atoms with Gasteiger partial charge in [0.2, 0.25) is 0 Å². The van der Waals surface area contributed by atoms with E-state index in [9.17, 15) is 9.90 Å². The quantitative estimate of drug-likeness (QED) is 0.205. The molecule has 2 atom stereocenters. The summed E-state index contributed by atoms with van der Waals surface area (Å²) < 4.78 is 13.3. The van der Waals surface area contributed by atoms with Crippen LogP contribution < -0.4 is 9.47 Å². The van der Waals surface area contributed by atoms with Crippen LogP contribution in [0.4, 0.5) is 0 Å². The number of fused-ring (bicyclic) bond motifs is 2. The Morgan fingerprint density at radius 3 is 2.41 bits per heavy atom. The lowest BCUT2D eigenvalue weighted by Crippen LogP contribution is -2.07. The molecule has 7 rings (SSSR count). The topological polar surface area (TPSA) is 112 Å². The molecule has 0 unspecified atom stereocenters. The SMILES string of the molecule is COc1ncc(-c2ccc(Cn3c([C@@H]4[C@H](C(=O)O)C4(C)C)nc4cc(OCc5ccc6ccccc6n5)ccc43)cc2)cn1. The summed E-state index contributed by atoms with van der Waals surface area (Å²) in [5.41, 5.74) is 6.01. The standard InChI is InChI=1S/C35H31N5O4/c1-35(2)30(31(35)33(41)42)32-39-28-16-26(44-20-25-13-12-23-6-4-5-7-27(23)38-25)14-15-29(28)40(32)19-21-8-10-22(11-9-21)24-17-36-34(43-3)37-18-24/h4-18,30-31H,19-20H2,1-3H3,(H,41,42)/t30-,31+/m0/s1. The first-order valence-corrected chi connectivity index (χ1v) is 14.5. The van der Waals surface area contributed by atoms with Crippen LogP contribution in [0.5, 0.6) is 11.8 Å². The van der Waals surface area contributed by atoms with Crippen molar-refractivity contribution in [1.29, 1.82) is 0 Å². The van der Waals surface area contributed by atoms with Crippen molar-refractivity contribution in [1.82, 2.24) is 24.5 Å². The van der Waals surface area contributed by atoms with E-state index in [0.29, 0.717) is 24.9 Å². The van der Waals surface area contributed by atoms with Crippen LogP contribution in [0.15, 0.2) is 91.3 Å². The minimum Gasteiger partial charge on any atom is -0.487 e. The number of aliphatic carboxylic acids is 1. The molecule has 220 valence electrons. The number of aromatic nitrogens is 5. The Morgan fingerprint density at radius 1 is 0.909 bits per heavy atom. The molecule has 3 aromatic heterocycles. The second kappa shape index (κ2) is 10.8. The number of imidazole rings is 1. The molecule has 9 nitrogen and oxygen atoms in total. The number of para-hydroxylation sites is 1. The lowest BCUT2D eigenvalue weighted by molar-refractivity contribution is -0.139. The molecule has 9 heteroatoms. The average Bonchev–Trinajstić information content (AvgIpc) is 3.46. The van der Waals surface area contributed by atoms with Gasteiger partial charge in [-0.15, -0.1) is 0 Å². The Hall–Kier alpha value is -5.31. The third-order valence-corrected chi connectivity index (χ3v) is 8.60. The zero-order valence-electron chi connectivity index (χ0n) is 24.6. The number of carboxylic acids is 1. The average molecular weight is 586 g/mol. The normalized spacial score (nSPS) is 17.1. The minimum atomic E-state index is -0.795. The summed E-state index contributed by atoms with van der Waals surface area (Å²) in [6.07, 6.45) is 3.47. The second-order valence-corrected chi connectivity index (χ2v) is 11.8. The van der Waals surface area contributed by atoms with Gasteiger partial charge in [0, 0.05) is 41.9 Å². The first kappa shape index (κ1) is 27.5. The maximum absolute atomic E-state index is 12.1. The molecule has 44 heavy (non-hydrogen) atoms. The molecular weight excluding hydrogens is 554 g/mol. The van der Waals surface area contributed by atoms with Gasteiger partial charge in [-0.25, -0.2) is 19.9 Å². The zero-order chi connectivity index (χ0) is 30.4. The predicted molar refractivity (Wildman–Crippen MR) is 167 cm³/mol. The lowest BCUT2D eigenvalue weighted by Gasteiger charge is -2.12. The molecule has 1 N–H and O–H groups in total. The fourth-order valence-electron chi connectivity index (χ4n) is 6.10. The van der Waals surface area contributed by atoms with E-state index in [-0.39, 0.29) is 5.92 Å². The number of pyridine rings is 1. The Balaban J connectivity index is 1.18. The molecule has 0 aliphatic heterocycles. The summed E-state index contributed by atoms with van der Waals surface area (Å²) in [4.78, 5) is 30.3. The van der Waals surface area contributed by atoms with Crippen LogP contribution in [-0.4, -0.2) is 42.7 Å². The minimum absolute atomic E-state index is 0.200. The molecule has 1 aliphatic carbocycles. The highest BCUT2D eigenvalue weighted by Crippen LogP contribution is 2.64. The molecule has 0 amide bonds. The van der Waals surface area contributed by atoms with Crippen molar-refractivity contribution in [2.45, 2.75) is 32.9 Å². The van der Waals surface area contributed by atoms with Crippen molar-refractivity contribution in [2.75, 3.05) is 7.11 Å². The van der Waals surface area contributed by atoms with E-state index >= 15 is 0 Å². The van der Waals surface area contributed by atoms with Crippen LogP contribution >= 0.6 is 0 Å². The van der Waals surface area contributed by atoms with Gasteiger partial charge in [0.15, 0.2) is 0 Å². The van der Waals surface area contributed by atoms with Crippen LogP contribution in [0.1, 0.15) is 36.8 Å². The lowest BCUT2D eigenvalue weighted by atomic mass is 10.1. The van der Waals surface area contributed by atoms with Crippen LogP contribution in [-0.2, 0) is 17.9 Å². The van der Waals surface area contributed by atoms with Crippen LogP contribution in [0.2, 0.25) is 0 Å². The van der Waals surface area contributed by atoms with Crippen molar-refractivity contribution in [3.8, 4) is 22.9 Å². The maximum Gasteiger partial charge on any atom is 0.316 e. The molecule has 0 bridgehead atoms. The summed E-state index contributed by atoms with van der Waals surface area (Å²) in [6, 6.07) is 26.4. The van der Waals surface area contributed by atoms with E-state index in [1.54, 1.807) is 12.4 Å². The third-order valence-electron chi connectivity index (χ3n) is 8.60. The molecule has 1 aliphatic rings. The van der Waals surface area contributed by atoms with Crippen molar-refractivity contribution in [3.63, 3.8) is 0 Å². The Bertz CT molecular complexity index is 2000. The second-order valence-electron chi connectivity index (χ2n) is 11.8. The fraction of sp³-hybridized carbons (Fsp3) is 0.229. The number of carbonyl (C=O) groups is 1. The molecule has 1 saturated carbocycles. The van der Waals surface area contributed by atoms with Gasteiger partial charge in [-0.3, -0.25) is 4.79 Å². The Kier molecular flexibility index (Phi) is 6.73. The Labute approximate surface area is 254 Å². The monoisotopic (exact) mass is 585 g/mol. The maximum atomic E-state index is 12.1. The van der Waals surface area contributed by atoms with E-state index < -0.39 is 17.3 Å². The van der Waals surface area contributed by atoms with Crippen LogP contribution in [0.3, 0.4) is 0 Å². The van der Waals surface area contributed by atoms with Gasteiger partial charge in [0.05, 0.1) is 35.3 Å². The number of carboxylic acid groups (broad SMARTS) is 1. The van der Waals surface area contributed by atoms with Crippen LogP contribution in [0.25, 0.3) is 33.1 Å². The summed E-state index contributed by atoms with van der Waals surface area (Å²) >= 11 is 0. The van der Waals surface area contributed by atoms with E-state index in [4.69, 9.17) is 19.4 Å². The van der Waals surface area contributed by atoms with Crippen molar-refractivity contribution >= 4 is 27.9 Å². The molecule has 3 heterocycles. The highest BCUT2D eigenvalue weighted by atomic mass is 16.5. The van der Waals surface area contributed by atoms with Gasteiger partial charge in [-0.1, -0.05) is 62.4 Å². The van der Waals surface area contributed by atoms with Gasteiger partial charge >= 0.3 is 12.0 Å². The van der Waals surface area contributed by atoms with Crippen molar-refractivity contribution in [2.24, 2.45) is 11.3 Å². The van der Waals surface area contributed by atoms with E-state index in [1.165, 1.54) is 7.11 Å². The van der Waals surface area contributed by atoms with Gasteiger partial charge < -0.3 is 19.1 Å². The summed E-state index contributed by atoms with van der Waals surface area (Å²) in [5.74, 6) is -0.0333. The highest BCUT2D eigenvalue weighted by molar-refractivity contribution is 5.81. The van der Waals surface area contributed by atoms with Gasteiger partial charge in [0.25, 0.3) is 0 Å². The summed E-state index contributed by atoms with van der Waals surface area (Å²) in [5, 5.41) is 11.0. The third kappa shape index (κ3) is 5.00. The van der Waals surface area contributed by atoms with Gasteiger partial charge in [0.1, 0.15) is 18.2 Å². The zero-order valence-corrected chi connectivity index (χ0v) is 24.6. The molecule has 0 spiro atoms. The smallest absolute Gasteiger partial charge is 0.316 e. The first-order chi connectivity index (χ1) is 21.3. The van der Waals surface area contributed by atoms with E-state index in [1.807, 2.05) is 80.6 Å². The summed E-state index contributed by atoms with van der Waals surface area (Å²) in [6.45, 7) is 4.87. The van der Waals surface area contributed by atoms with E-state index in [2.05, 4.69) is 26.7 Å². The molecule has 1 fully saturated rings. The van der Waals surface area contributed by atoms with E-state index in [0.717, 1.165) is 50.1 Å². The van der Waals surface area contributed by atoms with Crippen molar-refractivity contribution in [3.05, 3.63) is 108 Å². The predicted octanol–water partition coefficient (Wildman–Crippen LogP) is 6.50. The Morgan fingerprint density at radius 2 is 1.68 bits per heavy atom. The number of rotatable bonds is 9. The van der Waals surface area contributed by atoms with Crippen LogP contribution in [0, 0.1) is 11.3 Å². The van der Waals surface area contributed by atoms with Gasteiger partial charge in [-0.2, -0.15) is 0 Å². The fourth-order valence-corrected chi connectivity index (χ4v) is 6.10. The number of hydrogen-bond acceptors (Lipinski definition) is 7. The molecule has 0 saturated heterocycles. The largest absolute Gasteiger partial charge is 0.487 e. The first-order valence-electron chi connectivity index (χ1n) is 14.5. The number of ether oxygens (including phenoxy) is 2. The summed E-state index contributed by atoms with van der Waals surface area (Å²) in [7, 11) is 1.54. The molecule has 0 radical (unpaired) electrons. The molecule has 3 aromatic carbocycles. The molecule has 6 aromatic rings. The van der Waals surface area contributed by atoms with Gasteiger partial charge in [-0.05, 0) is 40.8 Å². The number of methoxy groups -OCH3 is 1. The molecular formula is C35H31N5O4. The number of nitrogens with zero attached hydrogens (tertiary/aromatic N) is 5. The van der Waals surface area contributed by atoms with Crippen molar-refractivity contribution < 1.29 is 19.4 Å². The number of hydrogen-bond donors (Lipinski definition) is 1. The number of benzene rings is 3.